The van der Waals surface area contributed by atoms with E-state index >= 15 is 0 Å². The van der Waals surface area contributed by atoms with Crippen LogP contribution >= 0.6 is 0 Å². The molecule has 29 heavy (non-hydrogen) atoms. The molecule has 2 heteroatoms. The number of hydrogen-bond donors (Lipinski definition) is 1. The van der Waals surface area contributed by atoms with Crippen molar-refractivity contribution in [3.8, 4) is 16.9 Å². The Balaban J connectivity index is 2.01. The van der Waals surface area contributed by atoms with Crippen molar-refractivity contribution in [2.75, 3.05) is 13.1 Å². The first-order valence-electron chi connectivity index (χ1n) is 9.88. The molecule has 2 nitrogen and oxygen atoms in total. The number of fused-ring (bicyclic) bond motifs is 2. The fourth-order valence-corrected chi connectivity index (χ4v) is 4.08. The first kappa shape index (κ1) is 19.0. The molecule has 4 aromatic carbocycles. The Morgan fingerprint density at radius 2 is 1.24 bits per heavy atom. The Labute approximate surface area is 172 Å². The molecule has 0 aromatic heterocycles. The molecular formula is C27H25NO. The van der Waals surface area contributed by atoms with Gasteiger partial charge in [-0.05, 0) is 38.7 Å². The van der Waals surface area contributed by atoms with E-state index in [9.17, 15) is 5.11 Å². The van der Waals surface area contributed by atoms with Gasteiger partial charge in [0.15, 0.2) is 0 Å². The monoisotopic (exact) mass is 379 g/mol. The summed E-state index contributed by atoms with van der Waals surface area (Å²) in [4.78, 5) is 2.29. The van der Waals surface area contributed by atoms with Gasteiger partial charge < -0.3 is 5.11 Å². The van der Waals surface area contributed by atoms with Crippen molar-refractivity contribution in [3.05, 3.63) is 104 Å². The van der Waals surface area contributed by atoms with E-state index in [1.165, 1.54) is 5.56 Å². The molecule has 1 N–H and O–H groups in total. The van der Waals surface area contributed by atoms with Gasteiger partial charge in [0.2, 0.25) is 0 Å². The number of phenols is 1. The molecule has 144 valence electrons. The van der Waals surface area contributed by atoms with Gasteiger partial charge in [-0.3, -0.25) is 4.90 Å². The van der Waals surface area contributed by atoms with Crippen LogP contribution in [-0.2, 0) is 6.54 Å². The van der Waals surface area contributed by atoms with Crippen molar-refractivity contribution in [1.29, 1.82) is 0 Å². The van der Waals surface area contributed by atoms with Gasteiger partial charge in [0.05, 0.1) is 0 Å². The molecule has 0 aliphatic heterocycles. The zero-order valence-electron chi connectivity index (χ0n) is 16.5. The number of rotatable bonds is 7. The largest absolute Gasteiger partial charge is 0.507 e. The molecule has 0 aliphatic carbocycles. The average Bonchev–Trinajstić information content (AvgIpc) is 2.74. The molecule has 0 saturated carbocycles. The van der Waals surface area contributed by atoms with Crippen molar-refractivity contribution in [3.63, 3.8) is 0 Å². The fraction of sp³-hybridized carbons (Fsp3) is 0.111. The van der Waals surface area contributed by atoms with E-state index in [4.69, 9.17) is 0 Å². The summed E-state index contributed by atoms with van der Waals surface area (Å²) in [6, 6.07) is 24.7. The number of benzene rings is 4. The topological polar surface area (TPSA) is 23.5 Å². The van der Waals surface area contributed by atoms with Crippen molar-refractivity contribution in [1.82, 2.24) is 4.90 Å². The van der Waals surface area contributed by atoms with Crippen LogP contribution in [0.1, 0.15) is 5.56 Å². The minimum atomic E-state index is 0.306. The van der Waals surface area contributed by atoms with E-state index in [2.05, 4.69) is 66.6 Å². The third-order valence-electron chi connectivity index (χ3n) is 5.34. The number of phenolic OH excluding ortho intramolecular Hbond substituents is 1. The summed E-state index contributed by atoms with van der Waals surface area (Å²) in [7, 11) is 0. The van der Waals surface area contributed by atoms with Crippen molar-refractivity contribution >= 4 is 21.5 Å². The molecule has 0 spiro atoms. The standard InChI is InChI=1S/C27H25NO/c1-3-17-28(18-4-2)19-22-14-13-20-9-5-7-11-23(20)26(22)27-24-12-8-6-10-21(24)15-16-25(27)29/h3-16,29H,1-2,17-19H2. The van der Waals surface area contributed by atoms with Crippen LogP contribution in [-0.4, -0.2) is 23.1 Å². The number of aromatic hydroxyl groups is 1. The summed E-state index contributed by atoms with van der Waals surface area (Å²) >= 11 is 0. The average molecular weight is 380 g/mol. The highest BCUT2D eigenvalue weighted by Gasteiger charge is 2.17. The lowest BCUT2D eigenvalue weighted by Crippen LogP contribution is -2.23. The van der Waals surface area contributed by atoms with E-state index in [1.54, 1.807) is 6.07 Å². The lowest BCUT2D eigenvalue weighted by atomic mass is 9.89. The Morgan fingerprint density at radius 3 is 1.86 bits per heavy atom. The minimum absolute atomic E-state index is 0.306. The van der Waals surface area contributed by atoms with Crippen molar-refractivity contribution in [2.24, 2.45) is 0 Å². The summed E-state index contributed by atoms with van der Waals surface area (Å²) in [5.74, 6) is 0.306. The van der Waals surface area contributed by atoms with Gasteiger partial charge in [0.25, 0.3) is 0 Å². The SMILES string of the molecule is C=CCN(CC=C)Cc1ccc2ccccc2c1-c1c(O)ccc2ccccc12. The van der Waals surface area contributed by atoms with E-state index in [1.807, 2.05) is 30.4 Å². The molecule has 0 atom stereocenters. The predicted octanol–water partition coefficient (Wildman–Crippen LogP) is 6.54. The molecule has 4 aromatic rings. The van der Waals surface area contributed by atoms with Crippen LogP contribution in [0, 0.1) is 0 Å². The lowest BCUT2D eigenvalue weighted by molar-refractivity contribution is 0.328. The molecule has 4 rings (SSSR count). The maximum Gasteiger partial charge on any atom is 0.124 e. The number of nitrogens with zero attached hydrogens (tertiary/aromatic N) is 1. The van der Waals surface area contributed by atoms with Crippen LogP contribution < -0.4 is 0 Å². The summed E-state index contributed by atoms with van der Waals surface area (Å²) in [6.45, 7) is 10.1. The second-order valence-corrected chi connectivity index (χ2v) is 7.27. The Morgan fingerprint density at radius 1 is 0.690 bits per heavy atom. The molecule has 0 aliphatic rings. The Hall–Kier alpha value is -3.36. The molecule has 0 unspecified atom stereocenters. The maximum absolute atomic E-state index is 10.9. The van der Waals surface area contributed by atoms with Gasteiger partial charge in [-0.15, -0.1) is 13.2 Å². The predicted molar refractivity (Wildman–Crippen MR) is 124 cm³/mol. The zero-order chi connectivity index (χ0) is 20.2. The summed E-state index contributed by atoms with van der Waals surface area (Å²) < 4.78 is 0. The first-order chi connectivity index (χ1) is 14.2. The minimum Gasteiger partial charge on any atom is -0.507 e. The molecule has 0 radical (unpaired) electrons. The van der Waals surface area contributed by atoms with Gasteiger partial charge in [-0.2, -0.15) is 0 Å². The van der Waals surface area contributed by atoms with Crippen LogP contribution in [0.4, 0.5) is 0 Å². The second kappa shape index (κ2) is 8.34. The third-order valence-corrected chi connectivity index (χ3v) is 5.34. The molecular weight excluding hydrogens is 354 g/mol. The van der Waals surface area contributed by atoms with Gasteiger partial charge >= 0.3 is 0 Å². The fourth-order valence-electron chi connectivity index (χ4n) is 4.08. The maximum atomic E-state index is 10.9. The van der Waals surface area contributed by atoms with E-state index in [0.29, 0.717) is 5.75 Å². The van der Waals surface area contributed by atoms with Gasteiger partial charge in [-0.25, -0.2) is 0 Å². The lowest BCUT2D eigenvalue weighted by Gasteiger charge is -2.23. The van der Waals surface area contributed by atoms with Gasteiger partial charge in [-0.1, -0.05) is 78.9 Å². The van der Waals surface area contributed by atoms with Crippen LogP contribution in [0.25, 0.3) is 32.7 Å². The van der Waals surface area contributed by atoms with E-state index in [-0.39, 0.29) is 0 Å². The summed E-state index contributed by atoms with van der Waals surface area (Å²) in [5.41, 5.74) is 3.17. The van der Waals surface area contributed by atoms with Crippen LogP contribution in [0.5, 0.6) is 5.75 Å². The van der Waals surface area contributed by atoms with E-state index < -0.39 is 0 Å². The van der Waals surface area contributed by atoms with Crippen LogP contribution in [0.2, 0.25) is 0 Å². The van der Waals surface area contributed by atoms with Crippen LogP contribution in [0.15, 0.2) is 98.1 Å². The summed E-state index contributed by atoms with van der Waals surface area (Å²) in [6.07, 6.45) is 3.83. The quantitative estimate of drug-likeness (QED) is 0.369. The number of hydrogen-bond acceptors (Lipinski definition) is 2. The summed E-state index contributed by atoms with van der Waals surface area (Å²) in [5, 5.41) is 15.4. The highest BCUT2D eigenvalue weighted by atomic mass is 16.3. The first-order valence-corrected chi connectivity index (χ1v) is 9.88. The van der Waals surface area contributed by atoms with E-state index in [0.717, 1.165) is 52.3 Å². The highest BCUT2D eigenvalue weighted by Crippen LogP contribution is 2.42. The van der Waals surface area contributed by atoms with Gasteiger partial charge in [0, 0.05) is 25.2 Å². The Bertz CT molecular complexity index is 1180. The second-order valence-electron chi connectivity index (χ2n) is 7.27. The Kier molecular flexibility index (Phi) is 5.46. The zero-order valence-corrected chi connectivity index (χ0v) is 16.5. The van der Waals surface area contributed by atoms with Crippen molar-refractivity contribution in [2.45, 2.75) is 6.54 Å². The molecule has 0 saturated heterocycles. The normalized spacial score (nSPS) is 11.2. The smallest absolute Gasteiger partial charge is 0.124 e. The van der Waals surface area contributed by atoms with Crippen LogP contribution in [0.3, 0.4) is 0 Å². The third kappa shape index (κ3) is 3.67. The van der Waals surface area contributed by atoms with Crippen molar-refractivity contribution < 1.29 is 5.11 Å². The molecule has 0 fully saturated rings. The molecule has 0 heterocycles. The van der Waals surface area contributed by atoms with Gasteiger partial charge in [0.1, 0.15) is 5.75 Å². The highest BCUT2D eigenvalue weighted by molar-refractivity contribution is 6.08. The molecule has 0 bridgehead atoms. The molecule has 0 amide bonds.